The molecule has 2 aromatic rings. The third-order valence-electron chi connectivity index (χ3n) is 3.44. The van der Waals surface area contributed by atoms with Gasteiger partial charge in [-0.25, -0.2) is 0 Å². The van der Waals surface area contributed by atoms with Gasteiger partial charge in [0.1, 0.15) is 0 Å². The second-order valence-electron chi connectivity index (χ2n) is 5.13. The smallest absolute Gasteiger partial charge is 0.0485 e. The van der Waals surface area contributed by atoms with E-state index in [1.165, 1.54) is 27.7 Å². The summed E-state index contributed by atoms with van der Waals surface area (Å²) in [4.78, 5) is 0. The number of aromatic nitrogens is 1. The quantitative estimate of drug-likeness (QED) is 0.856. The minimum atomic E-state index is 0.560. The molecule has 0 fully saturated rings. The Morgan fingerprint density at radius 3 is 2.59 bits per heavy atom. The topological polar surface area (TPSA) is 17.0 Å². The summed E-state index contributed by atoms with van der Waals surface area (Å²) >= 11 is 0. The molecule has 2 rings (SSSR count). The van der Waals surface area contributed by atoms with Crippen molar-refractivity contribution in [3.05, 3.63) is 35.0 Å². The molecule has 2 nitrogen and oxygen atoms in total. The lowest BCUT2D eigenvalue weighted by Gasteiger charge is -2.09. The van der Waals surface area contributed by atoms with E-state index in [4.69, 9.17) is 0 Å². The van der Waals surface area contributed by atoms with E-state index in [9.17, 15) is 0 Å². The molecule has 0 atom stereocenters. The molecule has 0 radical (unpaired) electrons. The van der Waals surface area contributed by atoms with E-state index in [0.29, 0.717) is 5.92 Å². The van der Waals surface area contributed by atoms with Crippen molar-refractivity contribution in [3.63, 3.8) is 0 Å². The number of benzene rings is 1. The van der Waals surface area contributed by atoms with Crippen molar-refractivity contribution >= 4 is 10.9 Å². The summed E-state index contributed by atoms with van der Waals surface area (Å²) in [5.74, 6) is 0.560. The zero-order valence-corrected chi connectivity index (χ0v) is 11.5. The number of aryl methyl sites for hydroxylation is 2. The van der Waals surface area contributed by atoms with Crippen LogP contribution in [0.4, 0.5) is 0 Å². The van der Waals surface area contributed by atoms with Gasteiger partial charge in [0.15, 0.2) is 0 Å². The Balaban J connectivity index is 2.78. The van der Waals surface area contributed by atoms with Crippen LogP contribution in [0.1, 0.15) is 36.6 Å². The van der Waals surface area contributed by atoms with Crippen molar-refractivity contribution in [2.24, 2.45) is 7.05 Å². The van der Waals surface area contributed by atoms with Crippen LogP contribution in [0.5, 0.6) is 0 Å². The van der Waals surface area contributed by atoms with Crippen LogP contribution in [0, 0.1) is 6.92 Å². The maximum atomic E-state index is 3.27. The highest BCUT2D eigenvalue weighted by Crippen LogP contribution is 2.31. The summed E-state index contributed by atoms with van der Waals surface area (Å²) < 4.78 is 2.33. The van der Waals surface area contributed by atoms with E-state index >= 15 is 0 Å². The molecule has 0 saturated carbocycles. The minimum Gasteiger partial charge on any atom is -0.346 e. The predicted molar refractivity (Wildman–Crippen MR) is 74.5 cm³/mol. The van der Waals surface area contributed by atoms with Gasteiger partial charge in [0.05, 0.1) is 0 Å². The fourth-order valence-electron chi connectivity index (χ4n) is 2.65. The van der Waals surface area contributed by atoms with Gasteiger partial charge in [0.25, 0.3) is 0 Å². The van der Waals surface area contributed by atoms with Gasteiger partial charge in [-0.3, -0.25) is 0 Å². The van der Waals surface area contributed by atoms with E-state index in [-0.39, 0.29) is 0 Å². The standard InChI is InChI=1S/C15H22N2/c1-10(2)15-12-7-6-11(3)8-13(12)17(5)14(15)9-16-4/h6-8,10,16H,9H2,1-5H3. The van der Waals surface area contributed by atoms with Crippen molar-refractivity contribution in [2.45, 2.75) is 33.2 Å². The SMILES string of the molecule is CNCc1c(C(C)C)c2ccc(C)cc2n1C. The fourth-order valence-corrected chi connectivity index (χ4v) is 2.65. The highest BCUT2D eigenvalue weighted by atomic mass is 15.0. The normalized spacial score (nSPS) is 11.6. The second-order valence-corrected chi connectivity index (χ2v) is 5.13. The van der Waals surface area contributed by atoms with Crippen molar-refractivity contribution in [3.8, 4) is 0 Å². The monoisotopic (exact) mass is 230 g/mol. The molecule has 2 heteroatoms. The molecule has 1 heterocycles. The van der Waals surface area contributed by atoms with Crippen LogP contribution in [0.2, 0.25) is 0 Å². The third kappa shape index (κ3) is 1.98. The van der Waals surface area contributed by atoms with E-state index in [0.717, 1.165) is 6.54 Å². The van der Waals surface area contributed by atoms with Gasteiger partial charge in [0, 0.05) is 30.2 Å². The molecule has 1 aromatic heterocycles. The summed E-state index contributed by atoms with van der Waals surface area (Å²) in [6, 6.07) is 6.75. The molecule has 0 unspecified atom stereocenters. The third-order valence-corrected chi connectivity index (χ3v) is 3.44. The fraction of sp³-hybridized carbons (Fsp3) is 0.467. The lowest BCUT2D eigenvalue weighted by atomic mass is 9.99. The Bertz CT molecular complexity index is 535. The number of fused-ring (bicyclic) bond motifs is 1. The van der Waals surface area contributed by atoms with E-state index < -0.39 is 0 Å². The van der Waals surface area contributed by atoms with Crippen LogP contribution < -0.4 is 5.32 Å². The number of hydrogen-bond donors (Lipinski definition) is 1. The summed E-state index contributed by atoms with van der Waals surface area (Å²) in [7, 11) is 4.17. The van der Waals surface area contributed by atoms with Gasteiger partial charge >= 0.3 is 0 Å². The molecular weight excluding hydrogens is 208 g/mol. The van der Waals surface area contributed by atoms with Crippen LogP contribution in [0.3, 0.4) is 0 Å². The molecule has 0 spiro atoms. The molecule has 1 aromatic carbocycles. The average molecular weight is 230 g/mol. The molecule has 92 valence electrons. The highest BCUT2D eigenvalue weighted by Gasteiger charge is 2.16. The number of rotatable bonds is 3. The molecule has 0 aliphatic rings. The van der Waals surface area contributed by atoms with Gasteiger partial charge in [-0.1, -0.05) is 26.0 Å². The molecule has 0 aliphatic heterocycles. The summed E-state index contributed by atoms with van der Waals surface area (Å²) in [6.45, 7) is 7.62. The number of nitrogens with one attached hydrogen (secondary N) is 1. The first kappa shape index (κ1) is 12.2. The first-order valence-corrected chi connectivity index (χ1v) is 6.28. The zero-order chi connectivity index (χ0) is 12.6. The first-order chi connectivity index (χ1) is 8.06. The van der Waals surface area contributed by atoms with E-state index in [2.05, 4.69) is 55.9 Å². The maximum Gasteiger partial charge on any atom is 0.0485 e. The summed E-state index contributed by atoms with van der Waals surface area (Å²) in [5, 5.41) is 4.68. The van der Waals surface area contributed by atoms with Crippen molar-refractivity contribution < 1.29 is 0 Å². The Labute approximate surface area is 104 Å². The lowest BCUT2D eigenvalue weighted by molar-refractivity contribution is 0.717. The van der Waals surface area contributed by atoms with Gasteiger partial charge in [-0.15, -0.1) is 0 Å². The average Bonchev–Trinajstić information content (AvgIpc) is 2.54. The van der Waals surface area contributed by atoms with Crippen LogP contribution >= 0.6 is 0 Å². The van der Waals surface area contributed by atoms with Gasteiger partial charge < -0.3 is 9.88 Å². The predicted octanol–water partition coefficient (Wildman–Crippen LogP) is 3.33. The van der Waals surface area contributed by atoms with E-state index in [1.54, 1.807) is 0 Å². The van der Waals surface area contributed by atoms with Gasteiger partial charge in [0.2, 0.25) is 0 Å². The highest BCUT2D eigenvalue weighted by molar-refractivity contribution is 5.86. The number of nitrogens with zero attached hydrogens (tertiary/aromatic N) is 1. The molecule has 0 saturated heterocycles. The minimum absolute atomic E-state index is 0.560. The molecule has 1 N–H and O–H groups in total. The van der Waals surface area contributed by atoms with Crippen molar-refractivity contribution in [2.75, 3.05) is 7.05 Å². The van der Waals surface area contributed by atoms with Crippen LogP contribution in [-0.2, 0) is 13.6 Å². The molecule has 0 bridgehead atoms. The van der Waals surface area contributed by atoms with Gasteiger partial charge in [-0.2, -0.15) is 0 Å². The Morgan fingerprint density at radius 2 is 2.00 bits per heavy atom. The summed E-state index contributed by atoms with van der Waals surface area (Å²) in [5.41, 5.74) is 5.56. The Hall–Kier alpha value is -1.28. The lowest BCUT2D eigenvalue weighted by Crippen LogP contribution is -2.11. The Morgan fingerprint density at radius 1 is 1.29 bits per heavy atom. The maximum absolute atomic E-state index is 3.27. The van der Waals surface area contributed by atoms with E-state index in [1.807, 2.05) is 7.05 Å². The Kier molecular flexibility index (Phi) is 3.25. The molecule has 17 heavy (non-hydrogen) atoms. The second kappa shape index (κ2) is 4.53. The molecule has 0 amide bonds. The van der Waals surface area contributed by atoms with Crippen LogP contribution in [0.25, 0.3) is 10.9 Å². The van der Waals surface area contributed by atoms with Crippen LogP contribution in [0.15, 0.2) is 18.2 Å². The number of hydrogen-bond acceptors (Lipinski definition) is 1. The van der Waals surface area contributed by atoms with Gasteiger partial charge in [-0.05, 0) is 37.1 Å². The van der Waals surface area contributed by atoms with Crippen LogP contribution in [-0.4, -0.2) is 11.6 Å². The first-order valence-electron chi connectivity index (χ1n) is 6.28. The largest absolute Gasteiger partial charge is 0.346 e. The van der Waals surface area contributed by atoms with Crippen molar-refractivity contribution in [1.29, 1.82) is 0 Å². The molecule has 0 aliphatic carbocycles. The zero-order valence-electron chi connectivity index (χ0n) is 11.5. The van der Waals surface area contributed by atoms with Crippen molar-refractivity contribution in [1.82, 2.24) is 9.88 Å². The molecular formula is C15H22N2. The summed E-state index contributed by atoms with van der Waals surface area (Å²) in [6.07, 6.45) is 0.